The summed E-state index contributed by atoms with van der Waals surface area (Å²) in [5, 5.41) is 6.81. The Bertz CT molecular complexity index is 1650. The van der Waals surface area contributed by atoms with Crippen LogP contribution in [0, 0.1) is 6.92 Å². The molecule has 2 heterocycles. The summed E-state index contributed by atoms with van der Waals surface area (Å²) in [6.45, 7) is 6.19. The third-order valence-corrected chi connectivity index (χ3v) is 7.59. The fraction of sp³-hybridized carbons (Fsp3) is 0.200. The van der Waals surface area contributed by atoms with Gasteiger partial charge in [0.1, 0.15) is 10.6 Å². The lowest BCUT2D eigenvalue weighted by molar-refractivity contribution is 0.0530. The van der Waals surface area contributed by atoms with E-state index in [9.17, 15) is 9.59 Å². The largest absolute Gasteiger partial charge is 0.462 e. The molecule has 182 valence electrons. The Balaban J connectivity index is 1.66. The first-order valence-electron chi connectivity index (χ1n) is 12.0. The molecule has 0 fully saturated rings. The molecule has 5 nitrogen and oxygen atoms in total. The Morgan fingerprint density at radius 3 is 2.47 bits per heavy atom. The Labute approximate surface area is 214 Å². The Morgan fingerprint density at radius 2 is 1.72 bits per heavy atom. The zero-order valence-electron chi connectivity index (χ0n) is 20.8. The summed E-state index contributed by atoms with van der Waals surface area (Å²) in [5.74, 6) is -0.334. The maximum atomic E-state index is 13.4. The number of nitrogens with one attached hydrogen (secondary N) is 1. The second-order valence-electron chi connectivity index (χ2n) is 8.96. The molecule has 1 atom stereocenters. The van der Waals surface area contributed by atoms with E-state index in [1.54, 1.807) is 4.57 Å². The molecule has 3 aromatic carbocycles. The van der Waals surface area contributed by atoms with Gasteiger partial charge in [0, 0.05) is 28.6 Å². The van der Waals surface area contributed by atoms with E-state index in [0.29, 0.717) is 17.6 Å². The number of nitrogens with zero attached hydrogens (tertiary/aromatic N) is 1. The maximum absolute atomic E-state index is 13.4. The van der Waals surface area contributed by atoms with Gasteiger partial charge in [-0.05, 0) is 61.0 Å². The first kappa shape index (κ1) is 23.8. The standard InChI is InChI=1S/C30H28N2O3S/c1-5-35-30(34)27-21-13-9-10-14-26(21)36-28(27)31-19(3)22-15-18(2)16-24-23(22)17-25(32(4)29(24)33)20-11-7-6-8-12-20/h6-17,19,31H,5H2,1-4H3. The molecule has 0 aliphatic carbocycles. The van der Waals surface area contributed by atoms with Gasteiger partial charge in [-0.2, -0.15) is 0 Å². The van der Waals surface area contributed by atoms with Crippen molar-refractivity contribution < 1.29 is 9.53 Å². The second-order valence-corrected chi connectivity index (χ2v) is 10.0. The van der Waals surface area contributed by atoms with Crippen LogP contribution in [-0.4, -0.2) is 17.1 Å². The third-order valence-electron chi connectivity index (χ3n) is 6.49. The molecule has 0 saturated carbocycles. The smallest absolute Gasteiger partial charge is 0.341 e. The Kier molecular flexibility index (Phi) is 6.37. The molecule has 5 aromatic rings. The zero-order valence-corrected chi connectivity index (χ0v) is 21.6. The summed E-state index contributed by atoms with van der Waals surface area (Å²) in [7, 11) is 1.82. The van der Waals surface area contributed by atoms with Crippen molar-refractivity contribution in [3.05, 3.63) is 99.8 Å². The minimum atomic E-state index is -0.334. The van der Waals surface area contributed by atoms with Gasteiger partial charge in [-0.1, -0.05) is 54.6 Å². The highest BCUT2D eigenvalue weighted by molar-refractivity contribution is 7.23. The van der Waals surface area contributed by atoms with Gasteiger partial charge in [0.15, 0.2) is 0 Å². The molecule has 36 heavy (non-hydrogen) atoms. The van der Waals surface area contributed by atoms with E-state index >= 15 is 0 Å². The van der Waals surface area contributed by atoms with Crippen LogP contribution in [0.5, 0.6) is 0 Å². The number of pyridine rings is 1. The number of esters is 1. The lowest BCUT2D eigenvalue weighted by Gasteiger charge is -2.20. The van der Waals surface area contributed by atoms with E-state index in [-0.39, 0.29) is 17.6 Å². The molecule has 1 unspecified atom stereocenters. The van der Waals surface area contributed by atoms with Crippen molar-refractivity contribution >= 4 is 43.2 Å². The fourth-order valence-corrected chi connectivity index (χ4v) is 5.94. The number of fused-ring (bicyclic) bond motifs is 2. The van der Waals surface area contributed by atoms with Crippen molar-refractivity contribution in [2.45, 2.75) is 26.8 Å². The molecule has 2 aromatic heterocycles. The molecule has 6 heteroatoms. The van der Waals surface area contributed by atoms with Crippen LogP contribution in [-0.2, 0) is 11.8 Å². The SMILES string of the molecule is CCOC(=O)c1c(NC(C)c2cc(C)cc3c(=O)n(C)c(-c4ccccc4)cc23)sc2ccccc12. The minimum absolute atomic E-state index is 0.0300. The summed E-state index contributed by atoms with van der Waals surface area (Å²) >= 11 is 1.54. The average Bonchev–Trinajstić information content (AvgIpc) is 3.24. The van der Waals surface area contributed by atoms with Crippen molar-refractivity contribution in [2.24, 2.45) is 7.05 Å². The van der Waals surface area contributed by atoms with Gasteiger partial charge in [-0.25, -0.2) is 4.79 Å². The Morgan fingerprint density at radius 1 is 1.00 bits per heavy atom. The van der Waals surface area contributed by atoms with Crippen molar-refractivity contribution in [3.8, 4) is 11.3 Å². The van der Waals surface area contributed by atoms with Crippen molar-refractivity contribution in [1.82, 2.24) is 4.57 Å². The van der Waals surface area contributed by atoms with E-state index in [0.717, 1.165) is 42.9 Å². The molecule has 0 amide bonds. The first-order chi connectivity index (χ1) is 17.4. The maximum Gasteiger partial charge on any atom is 0.341 e. The molecule has 1 N–H and O–H groups in total. The van der Waals surface area contributed by atoms with Crippen LogP contribution in [0.15, 0.2) is 77.6 Å². The number of hydrogen-bond donors (Lipinski definition) is 1. The first-order valence-corrected chi connectivity index (χ1v) is 12.9. The number of carbonyl (C=O) groups excluding carboxylic acids is 1. The molecule has 0 bridgehead atoms. The van der Waals surface area contributed by atoms with Gasteiger partial charge in [-0.3, -0.25) is 4.79 Å². The number of aromatic nitrogens is 1. The topological polar surface area (TPSA) is 60.3 Å². The molecule has 0 radical (unpaired) electrons. The van der Waals surface area contributed by atoms with Crippen molar-refractivity contribution in [2.75, 3.05) is 11.9 Å². The number of anilines is 1. The van der Waals surface area contributed by atoms with E-state index in [1.165, 1.54) is 11.3 Å². The summed E-state index contributed by atoms with van der Waals surface area (Å²) in [4.78, 5) is 26.3. The number of benzene rings is 3. The van der Waals surface area contributed by atoms with E-state index in [2.05, 4.69) is 24.4 Å². The van der Waals surface area contributed by atoms with Crippen LogP contribution in [0.25, 0.3) is 32.1 Å². The van der Waals surface area contributed by atoms with Crippen LogP contribution < -0.4 is 10.9 Å². The number of hydrogen-bond acceptors (Lipinski definition) is 5. The van der Waals surface area contributed by atoms with Crippen molar-refractivity contribution in [1.29, 1.82) is 0 Å². The monoisotopic (exact) mass is 496 g/mol. The lowest BCUT2D eigenvalue weighted by atomic mass is 9.96. The van der Waals surface area contributed by atoms with Crippen LogP contribution in [0.1, 0.15) is 41.4 Å². The normalized spacial score (nSPS) is 12.1. The minimum Gasteiger partial charge on any atom is -0.462 e. The van der Waals surface area contributed by atoms with E-state index in [1.807, 2.05) is 81.6 Å². The second kappa shape index (κ2) is 9.63. The summed E-state index contributed by atoms with van der Waals surface area (Å²) in [5.41, 5.74) is 4.39. The molecule has 0 aliphatic rings. The summed E-state index contributed by atoms with van der Waals surface area (Å²) < 4.78 is 8.12. The summed E-state index contributed by atoms with van der Waals surface area (Å²) in [6, 6.07) is 23.8. The lowest BCUT2D eigenvalue weighted by Crippen LogP contribution is -2.20. The highest BCUT2D eigenvalue weighted by atomic mass is 32.1. The number of rotatable bonds is 6. The predicted octanol–water partition coefficient (Wildman–Crippen LogP) is 7.08. The summed E-state index contributed by atoms with van der Waals surface area (Å²) in [6.07, 6.45) is 0. The van der Waals surface area contributed by atoms with Gasteiger partial charge >= 0.3 is 5.97 Å². The predicted molar refractivity (Wildman–Crippen MR) is 149 cm³/mol. The number of ether oxygens (including phenoxy) is 1. The molecule has 5 rings (SSSR count). The number of carbonyl (C=O) groups is 1. The van der Waals surface area contributed by atoms with Gasteiger partial charge in [0.25, 0.3) is 5.56 Å². The van der Waals surface area contributed by atoms with Gasteiger partial charge in [-0.15, -0.1) is 11.3 Å². The highest BCUT2D eigenvalue weighted by Gasteiger charge is 2.23. The molecular formula is C30H28N2O3S. The number of aryl methyl sites for hydroxylation is 1. The molecule has 0 spiro atoms. The van der Waals surface area contributed by atoms with Gasteiger partial charge in [0.05, 0.1) is 12.3 Å². The van der Waals surface area contributed by atoms with E-state index in [4.69, 9.17) is 4.74 Å². The van der Waals surface area contributed by atoms with Crippen LogP contribution >= 0.6 is 11.3 Å². The van der Waals surface area contributed by atoms with Crippen LogP contribution in [0.4, 0.5) is 5.00 Å². The zero-order chi connectivity index (χ0) is 25.4. The van der Waals surface area contributed by atoms with Crippen molar-refractivity contribution in [3.63, 3.8) is 0 Å². The van der Waals surface area contributed by atoms with Gasteiger partial charge < -0.3 is 14.6 Å². The Hall–Kier alpha value is -3.90. The van der Waals surface area contributed by atoms with Crippen LogP contribution in [0.2, 0.25) is 0 Å². The average molecular weight is 497 g/mol. The third kappa shape index (κ3) is 4.18. The molecular weight excluding hydrogens is 468 g/mol. The van der Waals surface area contributed by atoms with E-state index < -0.39 is 0 Å². The molecule has 0 aliphatic heterocycles. The highest BCUT2D eigenvalue weighted by Crippen LogP contribution is 2.39. The van der Waals surface area contributed by atoms with Crippen LogP contribution in [0.3, 0.4) is 0 Å². The number of thiophene rings is 1. The van der Waals surface area contributed by atoms with Gasteiger partial charge in [0.2, 0.25) is 0 Å². The fourth-order valence-electron chi connectivity index (χ4n) is 4.76. The molecule has 0 saturated heterocycles. The quantitative estimate of drug-likeness (QED) is 0.255.